The SMILES string of the molecule is CC(CO)N1C(=O)CN(C)C1=O. The molecule has 1 atom stereocenters. The van der Waals surface area contributed by atoms with Crippen molar-refractivity contribution in [2.24, 2.45) is 0 Å². The first-order valence-corrected chi connectivity index (χ1v) is 3.76. The lowest BCUT2D eigenvalue weighted by molar-refractivity contribution is -0.127. The molecule has 1 aliphatic rings. The van der Waals surface area contributed by atoms with Crippen molar-refractivity contribution in [2.75, 3.05) is 20.2 Å². The molecule has 0 aromatic carbocycles. The van der Waals surface area contributed by atoms with E-state index >= 15 is 0 Å². The van der Waals surface area contributed by atoms with Crippen LogP contribution in [0, 0.1) is 0 Å². The molecular formula is C7H12N2O3. The first-order chi connectivity index (χ1) is 5.57. The molecule has 1 fully saturated rings. The average Bonchev–Trinajstić information content (AvgIpc) is 2.26. The third-order valence-electron chi connectivity index (χ3n) is 1.88. The summed E-state index contributed by atoms with van der Waals surface area (Å²) in [6.45, 7) is 1.56. The maximum atomic E-state index is 11.2. The summed E-state index contributed by atoms with van der Waals surface area (Å²) >= 11 is 0. The van der Waals surface area contributed by atoms with E-state index in [0.717, 1.165) is 4.90 Å². The standard InChI is InChI=1S/C7H12N2O3/c1-5(4-10)9-6(11)3-8(2)7(9)12/h5,10H,3-4H2,1-2H3. The second-order valence-electron chi connectivity index (χ2n) is 2.93. The highest BCUT2D eigenvalue weighted by Crippen LogP contribution is 2.11. The topological polar surface area (TPSA) is 60.9 Å². The van der Waals surface area contributed by atoms with Gasteiger partial charge in [0.2, 0.25) is 0 Å². The molecule has 3 amide bonds. The smallest absolute Gasteiger partial charge is 0.327 e. The molecule has 12 heavy (non-hydrogen) atoms. The number of carbonyl (C=O) groups excluding carboxylic acids is 2. The molecular weight excluding hydrogens is 160 g/mol. The van der Waals surface area contributed by atoms with Gasteiger partial charge in [-0.15, -0.1) is 0 Å². The van der Waals surface area contributed by atoms with Gasteiger partial charge in [0.15, 0.2) is 0 Å². The summed E-state index contributed by atoms with van der Waals surface area (Å²) in [5.41, 5.74) is 0. The normalized spacial score (nSPS) is 20.6. The molecule has 1 unspecified atom stereocenters. The Morgan fingerprint density at radius 3 is 2.50 bits per heavy atom. The predicted octanol–water partition coefficient (Wildman–Crippen LogP) is -0.739. The predicted molar refractivity (Wildman–Crippen MR) is 41.4 cm³/mol. The molecule has 5 nitrogen and oxygen atoms in total. The Morgan fingerprint density at radius 2 is 2.17 bits per heavy atom. The van der Waals surface area contributed by atoms with Crippen molar-refractivity contribution in [3.05, 3.63) is 0 Å². The molecule has 68 valence electrons. The zero-order valence-corrected chi connectivity index (χ0v) is 7.15. The third kappa shape index (κ3) is 1.27. The van der Waals surface area contributed by atoms with Crippen LogP contribution in [0.1, 0.15) is 6.92 Å². The fourth-order valence-corrected chi connectivity index (χ4v) is 1.15. The van der Waals surface area contributed by atoms with Gasteiger partial charge < -0.3 is 10.0 Å². The number of hydrogen-bond donors (Lipinski definition) is 1. The number of likely N-dealkylation sites (N-methyl/N-ethyl adjacent to an activating group) is 1. The van der Waals surface area contributed by atoms with Gasteiger partial charge >= 0.3 is 6.03 Å². The van der Waals surface area contributed by atoms with Gasteiger partial charge in [0, 0.05) is 7.05 Å². The van der Waals surface area contributed by atoms with Crippen LogP contribution in [0.5, 0.6) is 0 Å². The van der Waals surface area contributed by atoms with Crippen molar-refractivity contribution in [1.29, 1.82) is 0 Å². The van der Waals surface area contributed by atoms with Crippen molar-refractivity contribution in [2.45, 2.75) is 13.0 Å². The summed E-state index contributed by atoms with van der Waals surface area (Å²) in [5, 5.41) is 8.75. The zero-order valence-electron chi connectivity index (χ0n) is 7.15. The van der Waals surface area contributed by atoms with Gasteiger partial charge in [0.25, 0.3) is 5.91 Å². The minimum absolute atomic E-state index is 0.114. The van der Waals surface area contributed by atoms with Crippen molar-refractivity contribution in [3.8, 4) is 0 Å². The molecule has 1 saturated heterocycles. The Labute approximate surface area is 70.6 Å². The van der Waals surface area contributed by atoms with E-state index in [1.165, 1.54) is 4.90 Å². The van der Waals surface area contributed by atoms with Crippen LogP contribution in [-0.2, 0) is 4.79 Å². The second-order valence-corrected chi connectivity index (χ2v) is 2.93. The number of aliphatic hydroxyl groups excluding tert-OH is 1. The minimum atomic E-state index is -0.421. The van der Waals surface area contributed by atoms with Gasteiger partial charge in [-0.3, -0.25) is 9.69 Å². The van der Waals surface area contributed by atoms with Crippen LogP contribution in [0.25, 0.3) is 0 Å². The molecule has 5 heteroatoms. The summed E-state index contributed by atoms with van der Waals surface area (Å²) in [4.78, 5) is 24.8. The molecule has 1 heterocycles. The average molecular weight is 172 g/mol. The highest BCUT2D eigenvalue weighted by Gasteiger charge is 2.36. The van der Waals surface area contributed by atoms with Crippen molar-refractivity contribution >= 4 is 11.9 Å². The van der Waals surface area contributed by atoms with Gasteiger partial charge in [-0.2, -0.15) is 0 Å². The molecule has 1 N–H and O–H groups in total. The Balaban J connectivity index is 2.76. The van der Waals surface area contributed by atoms with Gasteiger partial charge in [0.05, 0.1) is 12.6 Å². The Bertz CT molecular complexity index is 217. The Hall–Kier alpha value is -1.10. The van der Waals surface area contributed by atoms with E-state index in [2.05, 4.69) is 0 Å². The van der Waals surface area contributed by atoms with E-state index < -0.39 is 6.04 Å². The van der Waals surface area contributed by atoms with E-state index in [9.17, 15) is 9.59 Å². The summed E-state index contributed by atoms with van der Waals surface area (Å²) in [5.74, 6) is -0.246. The van der Waals surface area contributed by atoms with Crippen LogP contribution in [0.4, 0.5) is 4.79 Å². The van der Waals surface area contributed by atoms with Gasteiger partial charge in [0.1, 0.15) is 6.54 Å². The largest absolute Gasteiger partial charge is 0.394 e. The van der Waals surface area contributed by atoms with E-state index in [0.29, 0.717) is 0 Å². The molecule has 0 saturated carbocycles. The fourth-order valence-electron chi connectivity index (χ4n) is 1.15. The second kappa shape index (κ2) is 3.10. The van der Waals surface area contributed by atoms with Gasteiger partial charge in [-0.25, -0.2) is 4.79 Å². The molecule has 0 aliphatic carbocycles. The maximum absolute atomic E-state index is 11.2. The van der Waals surface area contributed by atoms with Crippen LogP contribution in [0.2, 0.25) is 0 Å². The van der Waals surface area contributed by atoms with E-state index in [1.54, 1.807) is 14.0 Å². The molecule has 0 bridgehead atoms. The number of imide groups is 1. The summed E-state index contributed by atoms with van der Waals surface area (Å²) < 4.78 is 0. The van der Waals surface area contributed by atoms with E-state index in [4.69, 9.17) is 5.11 Å². The number of hydrogen-bond acceptors (Lipinski definition) is 3. The summed E-state index contributed by atoms with van der Waals surface area (Å²) in [6, 6.07) is -0.753. The van der Waals surface area contributed by atoms with Crippen molar-refractivity contribution in [1.82, 2.24) is 9.80 Å². The molecule has 0 aromatic rings. The number of nitrogens with zero attached hydrogens (tertiary/aromatic N) is 2. The molecule has 1 aliphatic heterocycles. The van der Waals surface area contributed by atoms with Gasteiger partial charge in [-0.05, 0) is 6.92 Å². The number of aliphatic hydroxyl groups is 1. The van der Waals surface area contributed by atoms with Crippen LogP contribution < -0.4 is 0 Å². The third-order valence-corrected chi connectivity index (χ3v) is 1.88. The van der Waals surface area contributed by atoms with Gasteiger partial charge in [-0.1, -0.05) is 0 Å². The monoisotopic (exact) mass is 172 g/mol. The Morgan fingerprint density at radius 1 is 1.58 bits per heavy atom. The first-order valence-electron chi connectivity index (χ1n) is 3.76. The zero-order chi connectivity index (χ0) is 9.30. The summed E-state index contributed by atoms with van der Waals surface area (Å²) in [6.07, 6.45) is 0. The molecule has 0 radical (unpaired) electrons. The number of carbonyl (C=O) groups is 2. The van der Waals surface area contributed by atoms with Crippen LogP contribution in [0.15, 0.2) is 0 Å². The molecule has 1 rings (SSSR count). The van der Waals surface area contributed by atoms with Crippen LogP contribution in [0.3, 0.4) is 0 Å². The number of amides is 3. The van der Waals surface area contributed by atoms with Crippen molar-refractivity contribution in [3.63, 3.8) is 0 Å². The highest BCUT2D eigenvalue weighted by atomic mass is 16.3. The molecule has 0 spiro atoms. The number of urea groups is 1. The lowest BCUT2D eigenvalue weighted by Crippen LogP contribution is -2.41. The first kappa shape index (κ1) is 8.99. The van der Waals surface area contributed by atoms with Crippen LogP contribution in [-0.4, -0.2) is 53.1 Å². The minimum Gasteiger partial charge on any atom is -0.394 e. The van der Waals surface area contributed by atoms with E-state index in [-0.39, 0.29) is 25.1 Å². The fraction of sp³-hybridized carbons (Fsp3) is 0.714. The maximum Gasteiger partial charge on any atom is 0.327 e. The lowest BCUT2D eigenvalue weighted by Gasteiger charge is -2.19. The van der Waals surface area contributed by atoms with Crippen molar-refractivity contribution < 1.29 is 14.7 Å². The van der Waals surface area contributed by atoms with E-state index in [1.807, 2.05) is 0 Å². The number of rotatable bonds is 2. The quantitative estimate of drug-likeness (QED) is 0.558. The lowest BCUT2D eigenvalue weighted by atomic mass is 10.3. The highest BCUT2D eigenvalue weighted by molar-refractivity contribution is 6.02. The summed E-state index contributed by atoms with van der Waals surface area (Å²) in [7, 11) is 1.56. The molecule has 0 aromatic heterocycles. The Kier molecular flexibility index (Phi) is 2.32. The van der Waals surface area contributed by atoms with Crippen LogP contribution >= 0.6 is 0 Å².